The number of benzene rings is 1. The van der Waals surface area contributed by atoms with Crippen molar-refractivity contribution in [1.29, 1.82) is 0 Å². The average molecular weight is 355 g/mol. The smallest absolute Gasteiger partial charge is 0.348 e. The van der Waals surface area contributed by atoms with E-state index < -0.39 is 5.97 Å². The van der Waals surface area contributed by atoms with Crippen molar-refractivity contribution in [2.24, 2.45) is 0 Å². The quantitative estimate of drug-likeness (QED) is 0.660. The minimum atomic E-state index is -0.434. The summed E-state index contributed by atoms with van der Waals surface area (Å²) in [6.07, 6.45) is 3.64. The second-order valence-corrected chi connectivity index (χ2v) is 6.53. The highest BCUT2D eigenvalue weighted by Crippen LogP contribution is 2.20. The van der Waals surface area contributed by atoms with Crippen LogP contribution >= 0.6 is 11.3 Å². The number of aromatic nitrogens is 2. The van der Waals surface area contributed by atoms with Gasteiger partial charge in [-0.15, -0.1) is 11.3 Å². The Hall–Kier alpha value is -2.93. The standard InChI is InChI=1S/C18H17N3O3S/c1-20(17(22)15-8-9-16(25-15)18(23)24-2)11-13-10-19-21(12-13)14-6-4-3-5-7-14/h3-10,12H,11H2,1-2H3. The lowest BCUT2D eigenvalue weighted by molar-refractivity contribution is 0.0606. The van der Waals surface area contributed by atoms with Crippen molar-refractivity contribution in [1.82, 2.24) is 14.7 Å². The molecule has 6 nitrogen and oxygen atoms in total. The second kappa shape index (κ2) is 7.31. The number of amides is 1. The Morgan fingerprint density at radius 2 is 1.88 bits per heavy atom. The van der Waals surface area contributed by atoms with Gasteiger partial charge in [0.05, 0.1) is 23.9 Å². The van der Waals surface area contributed by atoms with Gasteiger partial charge in [-0.05, 0) is 24.3 Å². The Balaban J connectivity index is 1.69. The van der Waals surface area contributed by atoms with Crippen LogP contribution in [0.15, 0.2) is 54.9 Å². The third-order valence-electron chi connectivity index (χ3n) is 3.63. The lowest BCUT2D eigenvalue weighted by Gasteiger charge is -2.14. The molecule has 0 aliphatic carbocycles. The molecule has 2 heterocycles. The zero-order chi connectivity index (χ0) is 17.8. The van der Waals surface area contributed by atoms with Crippen molar-refractivity contribution in [3.05, 3.63) is 70.2 Å². The molecular weight excluding hydrogens is 338 g/mol. The van der Waals surface area contributed by atoms with Gasteiger partial charge in [0, 0.05) is 25.4 Å². The zero-order valence-electron chi connectivity index (χ0n) is 13.9. The van der Waals surface area contributed by atoms with E-state index in [-0.39, 0.29) is 5.91 Å². The maximum atomic E-state index is 12.5. The highest BCUT2D eigenvalue weighted by Gasteiger charge is 2.18. The van der Waals surface area contributed by atoms with Crippen molar-refractivity contribution in [3.63, 3.8) is 0 Å². The number of methoxy groups -OCH3 is 1. The van der Waals surface area contributed by atoms with Crippen LogP contribution in [0.2, 0.25) is 0 Å². The van der Waals surface area contributed by atoms with E-state index in [4.69, 9.17) is 0 Å². The van der Waals surface area contributed by atoms with Gasteiger partial charge in [-0.25, -0.2) is 9.48 Å². The van der Waals surface area contributed by atoms with Crippen LogP contribution in [0, 0.1) is 0 Å². The molecule has 7 heteroatoms. The number of ether oxygens (including phenoxy) is 1. The molecule has 0 aliphatic heterocycles. The van der Waals surface area contributed by atoms with Crippen LogP contribution in [0.5, 0.6) is 0 Å². The Kier molecular flexibility index (Phi) is 4.95. The van der Waals surface area contributed by atoms with E-state index in [2.05, 4.69) is 9.84 Å². The van der Waals surface area contributed by atoms with Gasteiger partial charge in [0.1, 0.15) is 4.88 Å². The van der Waals surface area contributed by atoms with Gasteiger partial charge in [-0.1, -0.05) is 18.2 Å². The highest BCUT2D eigenvalue weighted by atomic mass is 32.1. The summed E-state index contributed by atoms with van der Waals surface area (Å²) < 4.78 is 6.44. The van der Waals surface area contributed by atoms with Crippen molar-refractivity contribution in [2.45, 2.75) is 6.54 Å². The average Bonchev–Trinajstić information content (AvgIpc) is 3.31. The van der Waals surface area contributed by atoms with Crippen LogP contribution in [-0.2, 0) is 11.3 Å². The predicted molar refractivity (Wildman–Crippen MR) is 95.0 cm³/mol. The molecule has 0 saturated heterocycles. The summed E-state index contributed by atoms with van der Waals surface area (Å²) >= 11 is 1.13. The van der Waals surface area contributed by atoms with Gasteiger partial charge in [0.15, 0.2) is 0 Å². The number of rotatable bonds is 5. The van der Waals surface area contributed by atoms with Crippen LogP contribution in [0.25, 0.3) is 5.69 Å². The number of hydrogen-bond acceptors (Lipinski definition) is 5. The molecule has 0 bridgehead atoms. The third-order valence-corrected chi connectivity index (χ3v) is 4.68. The summed E-state index contributed by atoms with van der Waals surface area (Å²) in [6.45, 7) is 0.428. The Morgan fingerprint density at radius 3 is 2.60 bits per heavy atom. The summed E-state index contributed by atoms with van der Waals surface area (Å²) in [5.41, 5.74) is 1.88. The first-order valence-electron chi connectivity index (χ1n) is 7.61. The minimum Gasteiger partial charge on any atom is -0.465 e. The molecule has 0 atom stereocenters. The first-order valence-corrected chi connectivity index (χ1v) is 8.42. The molecule has 3 aromatic rings. The van der Waals surface area contributed by atoms with Gasteiger partial charge >= 0.3 is 5.97 Å². The fourth-order valence-electron chi connectivity index (χ4n) is 2.36. The van der Waals surface area contributed by atoms with E-state index in [1.54, 1.807) is 35.0 Å². The highest BCUT2D eigenvalue weighted by molar-refractivity contribution is 7.15. The largest absolute Gasteiger partial charge is 0.465 e. The Bertz CT molecular complexity index is 886. The number of para-hydroxylation sites is 1. The lowest BCUT2D eigenvalue weighted by Crippen LogP contribution is -2.25. The van der Waals surface area contributed by atoms with Crippen LogP contribution in [0.4, 0.5) is 0 Å². The maximum Gasteiger partial charge on any atom is 0.348 e. The molecule has 0 N–H and O–H groups in total. The van der Waals surface area contributed by atoms with E-state index in [0.717, 1.165) is 22.6 Å². The van der Waals surface area contributed by atoms with Gasteiger partial charge < -0.3 is 9.64 Å². The molecule has 0 fully saturated rings. The number of carbonyl (C=O) groups is 2. The minimum absolute atomic E-state index is 0.146. The molecule has 0 aliphatic rings. The van der Waals surface area contributed by atoms with Crippen molar-refractivity contribution in [3.8, 4) is 5.69 Å². The predicted octanol–water partition coefficient (Wildman–Crippen LogP) is 2.99. The number of esters is 1. The van der Waals surface area contributed by atoms with Crippen LogP contribution in [0.1, 0.15) is 24.9 Å². The molecule has 0 saturated carbocycles. The first-order chi connectivity index (χ1) is 12.1. The first kappa shape index (κ1) is 16.9. The van der Waals surface area contributed by atoms with E-state index in [1.807, 2.05) is 36.5 Å². The normalized spacial score (nSPS) is 10.5. The fourth-order valence-corrected chi connectivity index (χ4v) is 3.28. The SMILES string of the molecule is COC(=O)c1ccc(C(=O)N(C)Cc2cnn(-c3ccccc3)c2)s1. The van der Waals surface area contributed by atoms with Crippen molar-refractivity contribution in [2.75, 3.05) is 14.2 Å². The summed E-state index contributed by atoms with van der Waals surface area (Å²) in [6, 6.07) is 13.0. The van der Waals surface area contributed by atoms with Gasteiger partial charge in [0.2, 0.25) is 0 Å². The van der Waals surface area contributed by atoms with E-state index in [9.17, 15) is 9.59 Å². The third kappa shape index (κ3) is 3.77. The monoisotopic (exact) mass is 355 g/mol. The fraction of sp³-hybridized carbons (Fsp3) is 0.167. The van der Waals surface area contributed by atoms with Crippen LogP contribution < -0.4 is 0 Å². The van der Waals surface area contributed by atoms with Crippen LogP contribution in [-0.4, -0.2) is 40.7 Å². The molecule has 3 rings (SSSR count). The van der Waals surface area contributed by atoms with Crippen molar-refractivity contribution >= 4 is 23.2 Å². The molecule has 25 heavy (non-hydrogen) atoms. The lowest BCUT2D eigenvalue weighted by atomic mass is 10.3. The van der Waals surface area contributed by atoms with Gasteiger partial charge in [-0.2, -0.15) is 5.10 Å². The molecule has 0 spiro atoms. The molecule has 2 aromatic heterocycles. The molecular formula is C18H17N3O3S. The van der Waals surface area contributed by atoms with Crippen molar-refractivity contribution < 1.29 is 14.3 Å². The number of carbonyl (C=O) groups excluding carboxylic acids is 2. The molecule has 1 aromatic carbocycles. The Morgan fingerprint density at radius 1 is 1.16 bits per heavy atom. The summed E-state index contributed by atoms with van der Waals surface area (Å²) in [5, 5.41) is 4.33. The van der Waals surface area contributed by atoms with Gasteiger partial charge in [-0.3, -0.25) is 4.79 Å². The summed E-state index contributed by atoms with van der Waals surface area (Å²) in [4.78, 5) is 26.5. The van der Waals surface area contributed by atoms with E-state index >= 15 is 0 Å². The number of hydrogen-bond donors (Lipinski definition) is 0. The second-order valence-electron chi connectivity index (χ2n) is 5.45. The molecule has 1 amide bonds. The van der Waals surface area contributed by atoms with Gasteiger partial charge in [0.25, 0.3) is 5.91 Å². The number of thiophene rings is 1. The molecule has 128 valence electrons. The van der Waals surface area contributed by atoms with E-state index in [0.29, 0.717) is 16.3 Å². The summed E-state index contributed by atoms with van der Waals surface area (Å²) in [5.74, 6) is -0.580. The zero-order valence-corrected chi connectivity index (χ0v) is 14.7. The van der Waals surface area contributed by atoms with E-state index in [1.165, 1.54) is 7.11 Å². The molecule has 0 unspecified atom stereocenters. The Labute approximate surface area is 149 Å². The molecule has 0 radical (unpaired) electrons. The van der Waals surface area contributed by atoms with Crippen LogP contribution in [0.3, 0.4) is 0 Å². The number of nitrogens with zero attached hydrogens (tertiary/aromatic N) is 3. The maximum absolute atomic E-state index is 12.5. The summed E-state index contributed by atoms with van der Waals surface area (Å²) in [7, 11) is 3.04. The topological polar surface area (TPSA) is 64.4 Å².